The SMILES string of the molecule is CNS(=O)(=O)CCNc1ccc(S(=O)(=O)N(C)C)cn1. The van der Waals surface area contributed by atoms with Gasteiger partial charge in [-0.15, -0.1) is 0 Å². The Labute approximate surface area is 119 Å². The summed E-state index contributed by atoms with van der Waals surface area (Å²) in [5, 5.41) is 2.80. The lowest BCUT2D eigenvalue weighted by atomic mass is 10.4. The maximum absolute atomic E-state index is 11.8. The maximum Gasteiger partial charge on any atom is 0.244 e. The quantitative estimate of drug-likeness (QED) is 0.687. The molecule has 20 heavy (non-hydrogen) atoms. The van der Waals surface area contributed by atoms with Crippen LogP contribution in [0.25, 0.3) is 0 Å². The van der Waals surface area contributed by atoms with Crippen LogP contribution in [0.4, 0.5) is 5.82 Å². The fourth-order valence-electron chi connectivity index (χ4n) is 1.26. The van der Waals surface area contributed by atoms with E-state index < -0.39 is 20.0 Å². The minimum absolute atomic E-state index is 0.0795. The van der Waals surface area contributed by atoms with E-state index in [2.05, 4.69) is 15.0 Å². The largest absolute Gasteiger partial charge is 0.369 e. The van der Waals surface area contributed by atoms with Gasteiger partial charge in [0, 0.05) is 26.8 Å². The van der Waals surface area contributed by atoms with Crippen LogP contribution >= 0.6 is 0 Å². The van der Waals surface area contributed by atoms with Crippen molar-refractivity contribution < 1.29 is 16.8 Å². The molecule has 0 atom stereocenters. The van der Waals surface area contributed by atoms with Crippen molar-refractivity contribution >= 4 is 25.9 Å². The number of sulfonamides is 2. The molecule has 0 radical (unpaired) electrons. The normalized spacial score (nSPS) is 12.6. The molecule has 0 aliphatic carbocycles. The fourth-order valence-corrected chi connectivity index (χ4v) is 2.69. The molecule has 1 aromatic rings. The minimum atomic E-state index is -3.50. The van der Waals surface area contributed by atoms with Crippen molar-refractivity contribution in [1.82, 2.24) is 14.0 Å². The van der Waals surface area contributed by atoms with Crippen LogP contribution in [0.3, 0.4) is 0 Å². The molecule has 0 aromatic carbocycles. The number of hydrogen-bond donors (Lipinski definition) is 2. The molecule has 0 fully saturated rings. The fraction of sp³-hybridized carbons (Fsp3) is 0.500. The number of pyridine rings is 1. The van der Waals surface area contributed by atoms with Crippen LogP contribution in [0, 0.1) is 0 Å². The van der Waals surface area contributed by atoms with Crippen molar-refractivity contribution in [2.24, 2.45) is 0 Å². The Bertz CT molecular complexity index is 638. The average molecular weight is 322 g/mol. The van der Waals surface area contributed by atoms with Crippen LogP contribution in [0.15, 0.2) is 23.2 Å². The molecule has 0 bridgehead atoms. The summed E-state index contributed by atoms with van der Waals surface area (Å²) in [5.41, 5.74) is 0. The zero-order valence-electron chi connectivity index (χ0n) is 11.5. The van der Waals surface area contributed by atoms with Crippen molar-refractivity contribution in [2.75, 3.05) is 38.8 Å². The van der Waals surface area contributed by atoms with E-state index in [4.69, 9.17) is 0 Å². The molecule has 0 amide bonds. The predicted octanol–water partition coefficient (Wildman–Crippen LogP) is -0.707. The second-order valence-electron chi connectivity index (χ2n) is 4.12. The third-order valence-electron chi connectivity index (χ3n) is 2.50. The molecule has 8 nitrogen and oxygen atoms in total. The lowest BCUT2D eigenvalue weighted by molar-refractivity contribution is 0.520. The molecule has 2 N–H and O–H groups in total. The summed E-state index contributed by atoms with van der Waals surface area (Å²) in [5.74, 6) is 0.317. The van der Waals surface area contributed by atoms with Crippen molar-refractivity contribution in [3.05, 3.63) is 18.3 Å². The summed E-state index contributed by atoms with van der Waals surface area (Å²) in [6.07, 6.45) is 1.23. The number of hydrogen-bond acceptors (Lipinski definition) is 6. The molecule has 1 rings (SSSR count). The zero-order chi connectivity index (χ0) is 15.4. The third-order valence-corrected chi connectivity index (χ3v) is 5.67. The van der Waals surface area contributed by atoms with Gasteiger partial charge in [0.25, 0.3) is 0 Å². The first-order valence-corrected chi connectivity index (χ1v) is 8.82. The van der Waals surface area contributed by atoms with Gasteiger partial charge in [0.2, 0.25) is 20.0 Å². The summed E-state index contributed by atoms with van der Waals surface area (Å²) in [6.45, 7) is 0.177. The van der Waals surface area contributed by atoms with E-state index in [-0.39, 0.29) is 17.2 Å². The highest BCUT2D eigenvalue weighted by molar-refractivity contribution is 7.89. The number of nitrogens with zero attached hydrogens (tertiary/aromatic N) is 2. The first-order chi connectivity index (χ1) is 9.19. The van der Waals surface area contributed by atoms with Crippen LogP contribution in [0.5, 0.6) is 0 Å². The van der Waals surface area contributed by atoms with E-state index >= 15 is 0 Å². The van der Waals surface area contributed by atoms with Gasteiger partial charge in [-0.2, -0.15) is 0 Å². The monoisotopic (exact) mass is 322 g/mol. The molecular weight excluding hydrogens is 304 g/mol. The summed E-state index contributed by atoms with van der Waals surface area (Å²) in [7, 11) is -2.57. The molecule has 0 aliphatic rings. The summed E-state index contributed by atoms with van der Waals surface area (Å²) in [4.78, 5) is 4.02. The molecule has 0 aliphatic heterocycles. The van der Waals surface area contributed by atoms with Crippen LogP contribution in [0.2, 0.25) is 0 Å². The zero-order valence-corrected chi connectivity index (χ0v) is 13.1. The molecule has 114 valence electrons. The third kappa shape index (κ3) is 4.40. The van der Waals surface area contributed by atoms with E-state index in [0.717, 1.165) is 4.31 Å². The number of nitrogens with one attached hydrogen (secondary N) is 2. The second kappa shape index (κ2) is 6.48. The Morgan fingerprint density at radius 1 is 1.20 bits per heavy atom. The highest BCUT2D eigenvalue weighted by Gasteiger charge is 2.17. The number of anilines is 1. The van der Waals surface area contributed by atoms with E-state index in [0.29, 0.717) is 5.82 Å². The van der Waals surface area contributed by atoms with Crippen molar-refractivity contribution in [2.45, 2.75) is 4.90 Å². The molecule has 0 saturated heterocycles. The highest BCUT2D eigenvalue weighted by Crippen LogP contribution is 2.13. The minimum Gasteiger partial charge on any atom is -0.369 e. The molecule has 1 heterocycles. The lowest BCUT2D eigenvalue weighted by Crippen LogP contribution is -2.26. The van der Waals surface area contributed by atoms with Crippen LogP contribution in [-0.4, -0.2) is 59.6 Å². The van der Waals surface area contributed by atoms with Gasteiger partial charge in [-0.1, -0.05) is 0 Å². The summed E-state index contributed by atoms with van der Waals surface area (Å²) in [6, 6.07) is 2.90. The number of aromatic nitrogens is 1. The van der Waals surface area contributed by atoms with Gasteiger partial charge in [0.1, 0.15) is 10.7 Å². The number of rotatable bonds is 7. The molecule has 0 spiro atoms. The van der Waals surface area contributed by atoms with E-state index in [1.807, 2.05) is 0 Å². The van der Waals surface area contributed by atoms with Gasteiger partial charge >= 0.3 is 0 Å². The Kier molecular flexibility index (Phi) is 5.45. The molecular formula is C10H18N4O4S2. The van der Waals surface area contributed by atoms with Gasteiger partial charge in [-0.3, -0.25) is 0 Å². The van der Waals surface area contributed by atoms with Gasteiger partial charge in [-0.05, 0) is 19.2 Å². The lowest BCUT2D eigenvalue weighted by Gasteiger charge is -2.11. The van der Waals surface area contributed by atoms with Gasteiger partial charge in [0.05, 0.1) is 5.75 Å². The molecule has 0 saturated carbocycles. The molecule has 10 heteroatoms. The Hall–Kier alpha value is -1.23. The molecule has 1 aromatic heterocycles. The smallest absolute Gasteiger partial charge is 0.244 e. The van der Waals surface area contributed by atoms with Gasteiger partial charge in [-0.25, -0.2) is 30.8 Å². The van der Waals surface area contributed by atoms with Crippen LogP contribution < -0.4 is 10.0 Å². The van der Waals surface area contributed by atoms with Crippen LogP contribution in [0.1, 0.15) is 0 Å². The van der Waals surface area contributed by atoms with Crippen molar-refractivity contribution in [3.8, 4) is 0 Å². The van der Waals surface area contributed by atoms with E-state index in [1.54, 1.807) is 0 Å². The first-order valence-electron chi connectivity index (χ1n) is 5.73. The second-order valence-corrected chi connectivity index (χ2v) is 8.31. The Morgan fingerprint density at radius 2 is 1.85 bits per heavy atom. The topological polar surface area (TPSA) is 108 Å². The van der Waals surface area contributed by atoms with E-state index in [9.17, 15) is 16.8 Å². The molecule has 0 unspecified atom stereocenters. The van der Waals surface area contributed by atoms with Gasteiger partial charge in [0.15, 0.2) is 0 Å². The Balaban J connectivity index is 2.69. The Morgan fingerprint density at radius 3 is 2.30 bits per heavy atom. The van der Waals surface area contributed by atoms with Gasteiger partial charge < -0.3 is 5.32 Å². The summed E-state index contributed by atoms with van der Waals surface area (Å²) >= 11 is 0. The maximum atomic E-state index is 11.8. The standard InChI is InChI=1S/C10H18N4O4S2/c1-11-19(15,16)7-6-12-10-5-4-9(8-13-10)20(17,18)14(2)3/h4-5,8,11H,6-7H2,1-3H3,(H,12,13). The predicted molar refractivity (Wildman–Crippen MR) is 76.4 cm³/mol. The van der Waals surface area contributed by atoms with Crippen molar-refractivity contribution in [3.63, 3.8) is 0 Å². The first kappa shape index (κ1) is 16.8. The average Bonchev–Trinajstić information content (AvgIpc) is 2.39. The van der Waals surface area contributed by atoms with E-state index in [1.165, 1.54) is 39.5 Å². The van der Waals surface area contributed by atoms with Crippen LogP contribution in [-0.2, 0) is 20.0 Å². The summed E-state index contributed by atoms with van der Waals surface area (Å²) < 4.78 is 49.3. The highest BCUT2D eigenvalue weighted by atomic mass is 32.2. The van der Waals surface area contributed by atoms with Crippen molar-refractivity contribution in [1.29, 1.82) is 0 Å².